The Kier molecular flexibility index (Phi) is 5.98. The van der Waals surface area contributed by atoms with E-state index in [9.17, 15) is 22.8 Å². The Morgan fingerprint density at radius 2 is 1.66 bits per heavy atom. The van der Waals surface area contributed by atoms with E-state index in [0.717, 1.165) is 23.0 Å². The van der Waals surface area contributed by atoms with Gasteiger partial charge in [0.25, 0.3) is 5.91 Å². The van der Waals surface area contributed by atoms with Crippen LogP contribution in [0.15, 0.2) is 60.8 Å². The van der Waals surface area contributed by atoms with Crippen molar-refractivity contribution in [2.24, 2.45) is 0 Å². The predicted molar refractivity (Wildman–Crippen MR) is 114 cm³/mol. The van der Waals surface area contributed by atoms with Gasteiger partial charge in [-0.1, -0.05) is 30.3 Å². The van der Waals surface area contributed by atoms with Crippen LogP contribution in [0.4, 0.5) is 19.0 Å². The van der Waals surface area contributed by atoms with Crippen molar-refractivity contribution in [2.75, 3.05) is 37.6 Å². The lowest BCUT2D eigenvalue weighted by atomic mass is 10.1. The number of hydrogen-bond donors (Lipinski definition) is 1. The van der Waals surface area contributed by atoms with Crippen LogP contribution in [-0.2, 0) is 11.0 Å². The third kappa shape index (κ3) is 4.82. The molecule has 166 valence electrons. The molecule has 32 heavy (non-hydrogen) atoms. The van der Waals surface area contributed by atoms with Crippen molar-refractivity contribution < 1.29 is 22.8 Å². The van der Waals surface area contributed by atoms with Gasteiger partial charge in [0.1, 0.15) is 5.82 Å². The molecule has 1 aliphatic rings. The predicted octanol–water partition coefficient (Wildman–Crippen LogP) is 3.33. The molecule has 0 atom stereocenters. The van der Waals surface area contributed by atoms with Crippen LogP contribution >= 0.6 is 0 Å². The van der Waals surface area contributed by atoms with Crippen molar-refractivity contribution in [3.8, 4) is 0 Å². The van der Waals surface area contributed by atoms with Gasteiger partial charge in [0.15, 0.2) is 0 Å². The maximum atomic E-state index is 12.7. The third-order valence-electron chi connectivity index (χ3n) is 5.44. The Bertz CT molecular complexity index is 1120. The average Bonchev–Trinajstić information content (AvgIpc) is 2.81. The van der Waals surface area contributed by atoms with Crippen LogP contribution in [0.2, 0.25) is 0 Å². The van der Waals surface area contributed by atoms with Crippen molar-refractivity contribution in [3.05, 3.63) is 71.9 Å². The Morgan fingerprint density at radius 3 is 2.31 bits per heavy atom. The number of amides is 2. The number of nitrogens with one attached hydrogen (secondary N) is 1. The number of alkyl halides is 3. The lowest BCUT2D eigenvalue weighted by Gasteiger charge is -2.35. The number of benzene rings is 2. The van der Waals surface area contributed by atoms with Crippen LogP contribution in [0.25, 0.3) is 10.8 Å². The summed E-state index contributed by atoms with van der Waals surface area (Å²) in [7, 11) is 0. The number of nitrogens with zero attached hydrogens (tertiary/aromatic N) is 3. The smallest absolute Gasteiger partial charge is 0.353 e. The standard InChI is InChI=1S/C23H21F3N4O2/c24-23(25,26)19-7-8-20(27-14-19)29-9-11-30(12-10-29)21(31)15-28-22(32)18-6-5-16-3-1-2-4-17(16)13-18/h1-8,13-14H,9-12,15H2,(H,28,32). The highest BCUT2D eigenvalue weighted by atomic mass is 19.4. The van der Waals surface area contributed by atoms with E-state index in [1.54, 1.807) is 17.0 Å². The molecule has 9 heteroatoms. The van der Waals surface area contributed by atoms with Crippen molar-refractivity contribution in [2.45, 2.75) is 6.18 Å². The molecule has 0 bridgehead atoms. The lowest BCUT2D eigenvalue weighted by molar-refractivity contribution is -0.137. The summed E-state index contributed by atoms with van der Waals surface area (Å²) >= 11 is 0. The second-order valence-electron chi connectivity index (χ2n) is 7.52. The van der Waals surface area contributed by atoms with Crippen molar-refractivity contribution in [1.82, 2.24) is 15.2 Å². The first-order valence-corrected chi connectivity index (χ1v) is 10.1. The fraction of sp³-hybridized carbons (Fsp3) is 0.261. The zero-order valence-corrected chi connectivity index (χ0v) is 17.1. The topological polar surface area (TPSA) is 65.5 Å². The normalized spacial score (nSPS) is 14.5. The molecule has 0 aliphatic carbocycles. The maximum absolute atomic E-state index is 12.7. The number of rotatable bonds is 4. The molecule has 0 radical (unpaired) electrons. The van der Waals surface area contributed by atoms with E-state index in [0.29, 0.717) is 37.6 Å². The van der Waals surface area contributed by atoms with Crippen LogP contribution < -0.4 is 10.2 Å². The molecule has 0 unspecified atom stereocenters. The zero-order chi connectivity index (χ0) is 22.7. The van der Waals surface area contributed by atoms with Gasteiger partial charge in [-0.05, 0) is 35.0 Å². The number of pyridine rings is 1. The van der Waals surface area contributed by atoms with Gasteiger partial charge in [-0.15, -0.1) is 0 Å². The van der Waals surface area contributed by atoms with Gasteiger partial charge in [0.05, 0.1) is 12.1 Å². The van der Waals surface area contributed by atoms with E-state index in [4.69, 9.17) is 0 Å². The Labute approximate surface area is 182 Å². The molecule has 1 aliphatic heterocycles. The molecule has 6 nitrogen and oxygen atoms in total. The molecule has 3 aromatic rings. The van der Waals surface area contributed by atoms with Crippen LogP contribution in [0.5, 0.6) is 0 Å². The number of carbonyl (C=O) groups excluding carboxylic acids is 2. The molecular weight excluding hydrogens is 421 g/mol. The summed E-state index contributed by atoms with van der Waals surface area (Å²) in [4.78, 5) is 32.3. The SMILES string of the molecule is O=C(NCC(=O)N1CCN(c2ccc(C(F)(F)F)cn2)CC1)c1ccc2ccccc2c1. The number of carbonyl (C=O) groups is 2. The summed E-state index contributed by atoms with van der Waals surface area (Å²) < 4.78 is 38.0. The van der Waals surface area contributed by atoms with E-state index < -0.39 is 11.7 Å². The van der Waals surface area contributed by atoms with Crippen LogP contribution in [-0.4, -0.2) is 54.4 Å². The molecule has 0 saturated carbocycles. The largest absolute Gasteiger partial charge is 0.417 e. The Hall–Kier alpha value is -3.62. The first-order chi connectivity index (χ1) is 15.3. The highest BCUT2D eigenvalue weighted by Gasteiger charge is 2.31. The van der Waals surface area contributed by atoms with E-state index in [1.807, 2.05) is 35.2 Å². The van der Waals surface area contributed by atoms with Gasteiger partial charge in [-0.3, -0.25) is 9.59 Å². The highest BCUT2D eigenvalue weighted by Crippen LogP contribution is 2.29. The number of fused-ring (bicyclic) bond motifs is 1. The van der Waals surface area contributed by atoms with E-state index in [-0.39, 0.29) is 18.4 Å². The molecule has 2 amide bonds. The van der Waals surface area contributed by atoms with Gasteiger partial charge in [-0.25, -0.2) is 4.98 Å². The Morgan fingerprint density at radius 1 is 0.938 bits per heavy atom. The number of aromatic nitrogens is 1. The summed E-state index contributed by atoms with van der Waals surface area (Å²) in [5.74, 6) is -0.0921. The minimum Gasteiger partial charge on any atom is -0.353 e. The van der Waals surface area contributed by atoms with Crippen LogP contribution in [0, 0.1) is 0 Å². The number of hydrogen-bond acceptors (Lipinski definition) is 4. The van der Waals surface area contributed by atoms with Gasteiger partial charge < -0.3 is 15.1 Å². The second-order valence-corrected chi connectivity index (χ2v) is 7.52. The molecule has 2 aromatic carbocycles. The van der Waals surface area contributed by atoms with Gasteiger partial charge in [-0.2, -0.15) is 13.2 Å². The van der Waals surface area contributed by atoms with E-state index >= 15 is 0 Å². The minimum absolute atomic E-state index is 0.121. The van der Waals surface area contributed by atoms with Crippen molar-refractivity contribution in [1.29, 1.82) is 0 Å². The molecule has 1 fully saturated rings. The zero-order valence-electron chi connectivity index (χ0n) is 17.1. The van der Waals surface area contributed by atoms with E-state index in [1.165, 1.54) is 6.07 Å². The molecule has 0 spiro atoms. The lowest BCUT2D eigenvalue weighted by Crippen LogP contribution is -2.51. The van der Waals surface area contributed by atoms with Gasteiger partial charge >= 0.3 is 6.18 Å². The van der Waals surface area contributed by atoms with Gasteiger partial charge in [0, 0.05) is 37.9 Å². The fourth-order valence-corrected chi connectivity index (χ4v) is 3.63. The first kappa shape index (κ1) is 21.6. The highest BCUT2D eigenvalue weighted by molar-refractivity contribution is 6.00. The van der Waals surface area contributed by atoms with Crippen molar-refractivity contribution >= 4 is 28.4 Å². The summed E-state index contributed by atoms with van der Waals surface area (Å²) in [5, 5.41) is 4.63. The fourth-order valence-electron chi connectivity index (χ4n) is 3.63. The monoisotopic (exact) mass is 442 g/mol. The molecule has 1 saturated heterocycles. The number of piperazine rings is 1. The average molecular weight is 442 g/mol. The quantitative estimate of drug-likeness (QED) is 0.673. The van der Waals surface area contributed by atoms with Crippen LogP contribution in [0.3, 0.4) is 0 Å². The summed E-state index contributed by atoms with van der Waals surface area (Å²) in [6.07, 6.45) is -3.61. The first-order valence-electron chi connectivity index (χ1n) is 10.1. The van der Waals surface area contributed by atoms with Crippen LogP contribution in [0.1, 0.15) is 15.9 Å². The minimum atomic E-state index is -4.42. The van der Waals surface area contributed by atoms with Crippen molar-refractivity contribution in [3.63, 3.8) is 0 Å². The summed E-state index contributed by atoms with van der Waals surface area (Å²) in [6, 6.07) is 15.4. The third-order valence-corrected chi connectivity index (χ3v) is 5.44. The summed E-state index contributed by atoms with van der Waals surface area (Å²) in [5.41, 5.74) is -0.313. The number of anilines is 1. The molecule has 1 aromatic heterocycles. The molecule has 1 N–H and O–H groups in total. The molecular formula is C23H21F3N4O2. The Balaban J connectivity index is 1.28. The van der Waals surface area contributed by atoms with Gasteiger partial charge in [0.2, 0.25) is 5.91 Å². The second kappa shape index (κ2) is 8.86. The molecule has 4 rings (SSSR count). The summed E-state index contributed by atoms with van der Waals surface area (Å²) in [6.45, 7) is 1.57. The molecule has 2 heterocycles. The van der Waals surface area contributed by atoms with E-state index in [2.05, 4.69) is 10.3 Å². The number of halogens is 3. The maximum Gasteiger partial charge on any atom is 0.417 e.